The van der Waals surface area contributed by atoms with Gasteiger partial charge < -0.3 is 4.57 Å². The number of hydrogen-bond acceptors (Lipinski definition) is 4. The summed E-state index contributed by atoms with van der Waals surface area (Å²) in [5.41, 5.74) is 21.2. The van der Waals surface area contributed by atoms with E-state index in [-0.39, 0.29) is 5.41 Å². The molecule has 4 nitrogen and oxygen atoms in total. The molecule has 0 bridgehead atoms. The third-order valence-electron chi connectivity index (χ3n) is 16.3. The lowest BCUT2D eigenvalue weighted by molar-refractivity contribution is 0.661. The molecule has 0 N–H and O–H groups in total. The smallest absolute Gasteiger partial charge is 0.164 e. The van der Waals surface area contributed by atoms with Crippen LogP contribution in [-0.2, 0) is 10.8 Å². The van der Waals surface area contributed by atoms with E-state index in [1.165, 1.54) is 109 Å². The SMILES string of the molecule is CC1(C)c2ccccc2-c2cc3c4ccccc4n(-c4cc(-c5nc(-c6ccccc6)nc(-c6ccc7c(c6)C6(c8ccccc8-c8ccccc86)c6ccccc6-7)n5)cc5sc6ccccc6c45)c3cc21. The Balaban J connectivity index is 0.956. The molecule has 72 heavy (non-hydrogen) atoms. The first-order chi connectivity index (χ1) is 35.4. The third kappa shape index (κ3) is 5.22. The fourth-order valence-corrected chi connectivity index (χ4v) is 14.3. The summed E-state index contributed by atoms with van der Waals surface area (Å²) >= 11 is 1.83. The first-order valence-electron chi connectivity index (χ1n) is 24.8. The summed E-state index contributed by atoms with van der Waals surface area (Å²) in [7, 11) is 0. The maximum Gasteiger partial charge on any atom is 0.164 e. The average molecular weight is 935 g/mol. The Morgan fingerprint density at radius 1 is 0.347 bits per heavy atom. The highest BCUT2D eigenvalue weighted by molar-refractivity contribution is 7.26. The molecule has 336 valence electrons. The molecule has 0 saturated heterocycles. The molecule has 1 spiro atoms. The predicted molar refractivity (Wildman–Crippen MR) is 297 cm³/mol. The third-order valence-corrected chi connectivity index (χ3v) is 17.4. The van der Waals surface area contributed by atoms with Crippen LogP contribution in [0.25, 0.3) is 115 Å². The van der Waals surface area contributed by atoms with E-state index in [0.29, 0.717) is 17.5 Å². The molecule has 5 heteroatoms. The Labute approximate surface area is 420 Å². The van der Waals surface area contributed by atoms with Crippen LogP contribution in [0.5, 0.6) is 0 Å². The highest BCUT2D eigenvalue weighted by atomic mass is 32.1. The predicted octanol–water partition coefficient (Wildman–Crippen LogP) is 17.0. The molecular weight excluding hydrogens is 893 g/mol. The number of thiophene rings is 1. The molecule has 13 aromatic rings. The van der Waals surface area contributed by atoms with E-state index >= 15 is 0 Å². The zero-order chi connectivity index (χ0) is 47.5. The minimum atomic E-state index is -0.491. The van der Waals surface area contributed by atoms with E-state index < -0.39 is 5.41 Å². The summed E-state index contributed by atoms with van der Waals surface area (Å²) in [5.74, 6) is 1.91. The van der Waals surface area contributed by atoms with Gasteiger partial charge in [-0.05, 0) is 109 Å². The van der Waals surface area contributed by atoms with E-state index in [4.69, 9.17) is 15.0 Å². The van der Waals surface area contributed by atoms with Crippen molar-refractivity contribution in [3.05, 3.63) is 252 Å². The number of hydrogen-bond donors (Lipinski definition) is 0. The Bertz CT molecular complexity index is 4430. The topological polar surface area (TPSA) is 43.6 Å². The van der Waals surface area contributed by atoms with Gasteiger partial charge in [0.15, 0.2) is 17.5 Å². The number of rotatable bonds is 4. The van der Waals surface area contributed by atoms with Gasteiger partial charge in [-0.15, -0.1) is 11.3 Å². The lowest BCUT2D eigenvalue weighted by atomic mass is 9.70. The average Bonchev–Trinajstić information content (AvgIpc) is 4.21. The summed E-state index contributed by atoms with van der Waals surface area (Å²) in [6.07, 6.45) is 0. The van der Waals surface area contributed by atoms with E-state index in [1.54, 1.807) is 0 Å². The molecule has 0 fully saturated rings. The molecule has 0 saturated carbocycles. The van der Waals surface area contributed by atoms with Crippen LogP contribution in [-0.4, -0.2) is 19.5 Å². The second-order valence-corrected chi connectivity index (χ2v) is 21.3. The van der Waals surface area contributed by atoms with Gasteiger partial charge >= 0.3 is 0 Å². The highest BCUT2D eigenvalue weighted by Gasteiger charge is 2.51. The number of para-hydroxylation sites is 1. The van der Waals surface area contributed by atoms with Crippen LogP contribution in [0.1, 0.15) is 47.2 Å². The zero-order valence-electron chi connectivity index (χ0n) is 39.5. The second-order valence-electron chi connectivity index (χ2n) is 20.2. The molecule has 3 aliphatic rings. The van der Waals surface area contributed by atoms with Gasteiger partial charge in [0.2, 0.25) is 0 Å². The minimum Gasteiger partial charge on any atom is -0.309 e. The van der Waals surface area contributed by atoms with Crippen molar-refractivity contribution in [3.63, 3.8) is 0 Å². The van der Waals surface area contributed by atoms with Crippen molar-refractivity contribution in [2.45, 2.75) is 24.7 Å². The van der Waals surface area contributed by atoms with Gasteiger partial charge in [0.05, 0.1) is 22.1 Å². The molecule has 16 rings (SSSR count). The Kier molecular flexibility index (Phi) is 8.01. The van der Waals surface area contributed by atoms with E-state index in [0.717, 1.165) is 22.4 Å². The minimum absolute atomic E-state index is 0.159. The van der Waals surface area contributed by atoms with E-state index in [9.17, 15) is 0 Å². The summed E-state index contributed by atoms with van der Waals surface area (Å²) in [6, 6.07) is 80.4. The summed E-state index contributed by atoms with van der Waals surface area (Å²) in [6.45, 7) is 4.74. The van der Waals surface area contributed by atoms with Crippen molar-refractivity contribution >= 4 is 53.3 Å². The lowest BCUT2D eigenvalue weighted by Crippen LogP contribution is -2.25. The Morgan fingerprint density at radius 3 is 1.58 bits per heavy atom. The fraction of sp³-hybridized carbons (Fsp3) is 0.0597. The van der Waals surface area contributed by atoms with Crippen LogP contribution in [0.3, 0.4) is 0 Å². The number of fused-ring (bicyclic) bond motifs is 19. The van der Waals surface area contributed by atoms with Crippen LogP contribution in [0.2, 0.25) is 0 Å². The summed E-state index contributed by atoms with van der Waals surface area (Å²) < 4.78 is 4.94. The van der Waals surface area contributed by atoms with Crippen LogP contribution in [0, 0.1) is 0 Å². The fourth-order valence-electron chi connectivity index (χ4n) is 13.1. The van der Waals surface area contributed by atoms with Crippen LogP contribution in [0.4, 0.5) is 0 Å². The highest BCUT2D eigenvalue weighted by Crippen LogP contribution is 2.63. The van der Waals surface area contributed by atoms with E-state index in [1.807, 2.05) is 17.4 Å². The van der Waals surface area contributed by atoms with Crippen molar-refractivity contribution in [2.24, 2.45) is 0 Å². The van der Waals surface area contributed by atoms with Crippen LogP contribution >= 0.6 is 11.3 Å². The molecule has 3 heterocycles. The molecule has 0 amide bonds. The van der Waals surface area contributed by atoms with Gasteiger partial charge in [-0.3, -0.25) is 0 Å². The molecule has 0 atom stereocenters. The maximum absolute atomic E-state index is 5.55. The van der Waals surface area contributed by atoms with E-state index in [2.05, 4.69) is 231 Å². The Morgan fingerprint density at radius 2 is 0.889 bits per heavy atom. The molecular formula is C67H42N4S. The van der Waals surface area contributed by atoms with Gasteiger partial charge in [-0.2, -0.15) is 0 Å². The first kappa shape index (κ1) is 40.0. The van der Waals surface area contributed by atoms with Crippen LogP contribution in [0.15, 0.2) is 218 Å². The van der Waals surface area contributed by atoms with Crippen molar-refractivity contribution < 1.29 is 0 Å². The molecule has 10 aromatic carbocycles. The summed E-state index contributed by atoms with van der Waals surface area (Å²) in [4.78, 5) is 16.3. The molecule has 3 aliphatic carbocycles. The Hall–Kier alpha value is -8.77. The van der Waals surface area contributed by atoms with Gasteiger partial charge in [0.25, 0.3) is 0 Å². The van der Waals surface area contributed by atoms with Crippen LogP contribution < -0.4 is 0 Å². The molecule has 0 unspecified atom stereocenters. The van der Waals surface area contributed by atoms with Gasteiger partial charge in [0.1, 0.15) is 0 Å². The number of benzene rings is 10. The van der Waals surface area contributed by atoms with Gasteiger partial charge in [-0.25, -0.2) is 15.0 Å². The lowest BCUT2D eigenvalue weighted by Gasteiger charge is -2.30. The van der Waals surface area contributed by atoms with Gasteiger partial charge in [-0.1, -0.05) is 190 Å². The second kappa shape index (κ2) is 14.4. The number of nitrogens with zero attached hydrogens (tertiary/aromatic N) is 4. The maximum atomic E-state index is 5.55. The molecule has 0 aliphatic heterocycles. The largest absolute Gasteiger partial charge is 0.309 e. The van der Waals surface area contributed by atoms with Crippen molar-refractivity contribution in [1.29, 1.82) is 0 Å². The van der Waals surface area contributed by atoms with Gasteiger partial charge in [0, 0.05) is 53.1 Å². The monoisotopic (exact) mass is 934 g/mol. The summed E-state index contributed by atoms with van der Waals surface area (Å²) in [5, 5.41) is 4.94. The van der Waals surface area contributed by atoms with Crippen molar-refractivity contribution in [1.82, 2.24) is 19.5 Å². The van der Waals surface area contributed by atoms with Crippen molar-refractivity contribution in [3.8, 4) is 73.2 Å². The molecule has 0 radical (unpaired) electrons. The first-order valence-corrected chi connectivity index (χ1v) is 25.7. The molecule has 3 aromatic heterocycles. The van der Waals surface area contributed by atoms with Crippen molar-refractivity contribution in [2.75, 3.05) is 0 Å². The quantitative estimate of drug-likeness (QED) is 0.177. The standard InChI is InChI=1S/C67H42N4S/c1-66(2)51-26-12-6-23-45(51)49-37-50-47-24-10-16-30-57(47)71(58(50)38-55(49)66)59-35-41(36-61-62(59)48-25-11-17-31-60(48)72-61)65-69-63(39-18-4-3-5-19-39)68-64(70-65)40-32-33-46-44-22-9-15-29-54(44)67(56(46)34-40)52-27-13-7-20-42(52)43-21-8-14-28-53(43)67/h3-38H,1-2H3. The normalized spacial score (nSPS) is 14.2. The zero-order valence-corrected chi connectivity index (χ0v) is 40.3. The number of aromatic nitrogens is 4.